The topological polar surface area (TPSA) is 74.0 Å². The Bertz CT molecular complexity index is 847. The normalized spacial score (nSPS) is 21.0. The number of hydrogen-bond donors (Lipinski definition) is 3. The molecule has 0 bridgehead atoms. The Morgan fingerprint density at radius 2 is 1.86 bits per heavy atom. The largest absolute Gasteiger partial charge is 0.361 e. The first-order chi connectivity index (χ1) is 13.8. The lowest BCUT2D eigenvalue weighted by Gasteiger charge is -2.39. The first kappa shape index (κ1) is 21.4. The van der Waals surface area contributed by atoms with E-state index in [4.69, 9.17) is 0 Å². The van der Waals surface area contributed by atoms with Crippen molar-refractivity contribution in [3.63, 3.8) is 0 Å². The van der Waals surface area contributed by atoms with E-state index < -0.39 is 6.04 Å². The Balaban J connectivity index is 1.63. The molecular formula is C24H35N3O2. The average molecular weight is 398 g/mol. The van der Waals surface area contributed by atoms with Gasteiger partial charge in [0.05, 0.1) is 0 Å². The number of fused-ring (bicyclic) bond motifs is 1. The predicted octanol–water partition coefficient (Wildman–Crippen LogP) is 4.33. The summed E-state index contributed by atoms with van der Waals surface area (Å²) in [4.78, 5) is 28.0. The van der Waals surface area contributed by atoms with Gasteiger partial charge < -0.3 is 15.6 Å². The fourth-order valence-electron chi connectivity index (χ4n) is 4.58. The third kappa shape index (κ3) is 5.20. The molecule has 0 aliphatic heterocycles. The van der Waals surface area contributed by atoms with Crippen LogP contribution in [0, 0.1) is 11.3 Å². The number of benzene rings is 1. The van der Waals surface area contributed by atoms with Gasteiger partial charge in [-0.05, 0) is 48.6 Å². The lowest BCUT2D eigenvalue weighted by Crippen LogP contribution is -2.51. The highest BCUT2D eigenvalue weighted by molar-refractivity contribution is 5.89. The van der Waals surface area contributed by atoms with Crippen molar-refractivity contribution in [2.45, 2.75) is 78.3 Å². The van der Waals surface area contributed by atoms with Crippen molar-refractivity contribution in [1.29, 1.82) is 0 Å². The van der Waals surface area contributed by atoms with Gasteiger partial charge in [0, 0.05) is 36.5 Å². The number of nitrogens with one attached hydrogen (secondary N) is 3. The minimum Gasteiger partial charge on any atom is -0.361 e. The number of aromatic nitrogens is 1. The zero-order valence-electron chi connectivity index (χ0n) is 18.2. The highest BCUT2D eigenvalue weighted by Gasteiger charge is 2.33. The molecule has 1 fully saturated rings. The Morgan fingerprint density at radius 3 is 2.52 bits per heavy atom. The number of rotatable bonds is 7. The van der Waals surface area contributed by atoms with E-state index in [1.807, 2.05) is 30.5 Å². The van der Waals surface area contributed by atoms with E-state index in [0.29, 0.717) is 11.8 Å². The summed E-state index contributed by atoms with van der Waals surface area (Å²) in [6, 6.07) is 7.67. The molecule has 1 aliphatic rings. The van der Waals surface area contributed by atoms with Crippen molar-refractivity contribution in [2.75, 3.05) is 0 Å². The molecule has 1 unspecified atom stereocenters. The predicted molar refractivity (Wildman–Crippen MR) is 118 cm³/mol. The summed E-state index contributed by atoms with van der Waals surface area (Å²) in [7, 11) is 0. The second-order valence-corrected chi connectivity index (χ2v) is 9.22. The summed E-state index contributed by atoms with van der Waals surface area (Å²) in [6.07, 6.45) is 7.93. The van der Waals surface area contributed by atoms with Gasteiger partial charge in [0.2, 0.25) is 11.8 Å². The van der Waals surface area contributed by atoms with Crippen LogP contribution in [0.15, 0.2) is 30.5 Å². The lowest BCUT2D eigenvalue weighted by molar-refractivity contribution is -0.128. The molecule has 0 spiro atoms. The van der Waals surface area contributed by atoms with E-state index >= 15 is 0 Å². The van der Waals surface area contributed by atoms with E-state index in [0.717, 1.165) is 48.1 Å². The number of carbonyl (C=O) groups is 2. The van der Waals surface area contributed by atoms with Crippen molar-refractivity contribution in [3.05, 3.63) is 36.0 Å². The van der Waals surface area contributed by atoms with Crippen LogP contribution in [0.1, 0.15) is 65.4 Å². The molecule has 1 saturated carbocycles. The minimum atomic E-state index is -0.559. The van der Waals surface area contributed by atoms with Gasteiger partial charge in [-0.15, -0.1) is 0 Å². The number of aromatic amines is 1. The second-order valence-electron chi connectivity index (χ2n) is 9.22. The van der Waals surface area contributed by atoms with Crippen LogP contribution < -0.4 is 10.6 Å². The first-order valence-corrected chi connectivity index (χ1v) is 10.9. The van der Waals surface area contributed by atoms with Gasteiger partial charge in [-0.25, -0.2) is 0 Å². The van der Waals surface area contributed by atoms with Crippen molar-refractivity contribution in [3.8, 4) is 0 Å². The van der Waals surface area contributed by atoms with Crippen LogP contribution in [0.5, 0.6) is 0 Å². The number of H-pyrrole nitrogens is 1. The van der Waals surface area contributed by atoms with Crippen LogP contribution in [0.25, 0.3) is 10.9 Å². The van der Waals surface area contributed by atoms with E-state index in [-0.39, 0.29) is 17.9 Å². The van der Waals surface area contributed by atoms with Crippen molar-refractivity contribution in [1.82, 2.24) is 15.6 Å². The molecule has 158 valence electrons. The summed E-state index contributed by atoms with van der Waals surface area (Å²) in [5.41, 5.74) is 2.45. The monoisotopic (exact) mass is 397 g/mol. The third-order valence-corrected chi connectivity index (χ3v) is 6.88. The van der Waals surface area contributed by atoms with Gasteiger partial charge >= 0.3 is 0 Å². The highest BCUT2D eigenvalue weighted by Crippen LogP contribution is 2.40. The fraction of sp³-hybridized carbons (Fsp3) is 0.583. The van der Waals surface area contributed by atoms with Gasteiger partial charge in [-0.1, -0.05) is 45.4 Å². The van der Waals surface area contributed by atoms with Gasteiger partial charge in [-0.3, -0.25) is 9.59 Å². The molecule has 1 heterocycles. The quantitative estimate of drug-likeness (QED) is 0.651. The molecule has 1 aromatic carbocycles. The van der Waals surface area contributed by atoms with Crippen LogP contribution in [-0.4, -0.2) is 28.9 Å². The molecule has 2 amide bonds. The SMILES string of the molecule is CCC(C)(C)C1CCC(NC(=O)C(Cc2c[nH]c3ccccc23)NC(C)=O)CC1. The zero-order chi connectivity index (χ0) is 21.0. The average Bonchev–Trinajstić information content (AvgIpc) is 3.10. The number of para-hydroxylation sites is 1. The summed E-state index contributed by atoms with van der Waals surface area (Å²) < 4.78 is 0. The molecule has 3 rings (SSSR count). The molecule has 1 atom stereocenters. The van der Waals surface area contributed by atoms with E-state index in [2.05, 4.69) is 36.4 Å². The molecular weight excluding hydrogens is 362 g/mol. The maximum Gasteiger partial charge on any atom is 0.243 e. The Labute approximate surface area is 174 Å². The van der Waals surface area contributed by atoms with E-state index in [1.165, 1.54) is 13.3 Å². The molecule has 29 heavy (non-hydrogen) atoms. The van der Waals surface area contributed by atoms with Gasteiger partial charge in [0.25, 0.3) is 0 Å². The summed E-state index contributed by atoms with van der Waals surface area (Å²) in [6.45, 7) is 8.43. The molecule has 5 heteroatoms. The molecule has 3 N–H and O–H groups in total. The van der Waals surface area contributed by atoms with Gasteiger partial charge in [0.1, 0.15) is 6.04 Å². The van der Waals surface area contributed by atoms with Crippen LogP contribution in [0.3, 0.4) is 0 Å². The Kier molecular flexibility index (Phi) is 6.66. The first-order valence-electron chi connectivity index (χ1n) is 10.9. The smallest absolute Gasteiger partial charge is 0.243 e. The van der Waals surface area contributed by atoms with Crippen LogP contribution >= 0.6 is 0 Å². The van der Waals surface area contributed by atoms with Crippen LogP contribution in [0.2, 0.25) is 0 Å². The lowest BCUT2D eigenvalue weighted by atomic mass is 9.69. The molecule has 5 nitrogen and oxygen atoms in total. The Morgan fingerprint density at radius 1 is 1.17 bits per heavy atom. The van der Waals surface area contributed by atoms with Crippen LogP contribution in [-0.2, 0) is 16.0 Å². The molecule has 1 aliphatic carbocycles. The number of hydrogen-bond acceptors (Lipinski definition) is 2. The Hall–Kier alpha value is -2.30. The zero-order valence-corrected chi connectivity index (χ0v) is 18.2. The van der Waals surface area contributed by atoms with Crippen molar-refractivity contribution < 1.29 is 9.59 Å². The standard InChI is InChI=1S/C24H35N3O2/c1-5-24(3,4)18-10-12-19(13-11-18)27-23(29)22(26-16(2)28)14-17-15-25-21-9-7-6-8-20(17)21/h6-9,15,18-19,22,25H,5,10-14H2,1-4H3,(H,26,28)(H,27,29). The molecule has 0 radical (unpaired) electrons. The molecule has 1 aromatic heterocycles. The molecule has 0 saturated heterocycles. The van der Waals surface area contributed by atoms with E-state index in [9.17, 15) is 9.59 Å². The maximum absolute atomic E-state index is 13.0. The minimum absolute atomic E-state index is 0.0799. The number of amides is 2. The maximum atomic E-state index is 13.0. The summed E-state index contributed by atoms with van der Waals surface area (Å²) in [5, 5.41) is 7.16. The van der Waals surface area contributed by atoms with Gasteiger partial charge in [-0.2, -0.15) is 0 Å². The molecule has 2 aromatic rings. The third-order valence-electron chi connectivity index (χ3n) is 6.88. The van der Waals surface area contributed by atoms with Crippen molar-refractivity contribution in [2.24, 2.45) is 11.3 Å². The number of carbonyl (C=O) groups excluding carboxylic acids is 2. The second kappa shape index (κ2) is 9.02. The highest BCUT2D eigenvalue weighted by atomic mass is 16.2. The summed E-state index contributed by atoms with van der Waals surface area (Å²) >= 11 is 0. The van der Waals surface area contributed by atoms with Crippen molar-refractivity contribution >= 4 is 22.7 Å². The fourth-order valence-corrected chi connectivity index (χ4v) is 4.58. The van der Waals surface area contributed by atoms with Gasteiger partial charge in [0.15, 0.2) is 0 Å². The summed E-state index contributed by atoms with van der Waals surface area (Å²) in [5.74, 6) is 0.458. The van der Waals surface area contributed by atoms with Crippen LogP contribution in [0.4, 0.5) is 0 Å². The van der Waals surface area contributed by atoms with E-state index in [1.54, 1.807) is 0 Å².